The van der Waals surface area contributed by atoms with Crippen LogP contribution in [0.15, 0.2) is 23.1 Å². The molecule has 0 spiro atoms. The van der Waals surface area contributed by atoms with Crippen LogP contribution >= 0.6 is 0 Å². The smallest absolute Gasteiger partial charge is 0.258 e. The summed E-state index contributed by atoms with van der Waals surface area (Å²) in [5.41, 5.74) is 0.421. The highest BCUT2D eigenvalue weighted by Gasteiger charge is 2.14. The Morgan fingerprint density at radius 3 is 2.33 bits per heavy atom. The van der Waals surface area contributed by atoms with Gasteiger partial charge in [0.25, 0.3) is 5.56 Å². The van der Waals surface area contributed by atoms with Crippen LogP contribution < -0.4 is 10.9 Å². The van der Waals surface area contributed by atoms with Crippen molar-refractivity contribution < 1.29 is 8.78 Å². The number of nitrogens with zero attached hydrogens (tertiary/aromatic N) is 1. The van der Waals surface area contributed by atoms with Crippen molar-refractivity contribution in [2.45, 2.75) is 13.0 Å². The maximum atomic E-state index is 13.3. The van der Waals surface area contributed by atoms with Gasteiger partial charge in [-0.3, -0.25) is 4.79 Å². The van der Waals surface area contributed by atoms with Crippen LogP contribution in [0.25, 0.3) is 10.8 Å². The SMILES string of the molecule is CNC(C)c1cn(C)c(=O)c2cc(F)c(F)cc12. The number of fused-ring (bicyclic) bond motifs is 1. The molecule has 0 bridgehead atoms. The lowest BCUT2D eigenvalue weighted by molar-refractivity contribution is 0.510. The van der Waals surface area contributed by atoms with Crippen molar-refractivity contribution in [3.63, 3.8) is 0 Å². The highest BCUT2D eigenvalue weighted by Crippen LogP contribution is 2.23. The monoisotopic (exact) mass is 252 g/mol. The van der Waals surface area contributed by atoms with Gasteiger partial charge >= 0.3 is 0 Å². The summed E-state index contributed by atoms with van der Waals surface area (Å²) in [6.45, 7) is 1.89. The Kier molecular flexibility index (Phi) is 3.17. The Hall–Kier alpha value is -1.75. The molecule has 2 aromatic rings. The zero-order chi connectivity index (χ0) is 13.4. The minimum absolute atomic E-state index is 0.0656. The molecule has 0 saturated carbocycles. The Morgan fingerprint density at radius 1 is 1.22 bits per heavy atom. The number of hydrogen-bond donors (Lipinski definition) is 1. The first-order chi connectivity index (χ1) is 8.45. The molecule has 1 heterocycles. The fraction of sp³-hybridized carbons (Fsp3) is 0.308. The number of pyridine rings is 1. The number of benzene rings is 1. The van der Waals surface area contributed by atoms with Crippen molar-refractivity contribution in [1.29, 1.82) is 0 Å². The van der Waals surface area contributed by atoms with Crippen LogP contribution in [0.4, 0.5) is 8.78 Å². The summed E-state index contributed by atoms with van der Waals surface area (Å²) in [4.78, 5) is 11.9. The molecular weight excluding hydrogens is 238 g/mol. The van der Waals surface area contributed by atoms with Gasteiger partial charge in [0, 0.05) is 19.3 Å². The van der Waals surface area contributed by atoms with E-state index in [1.54, 1.807) is 20.3 Å². The first-order valence-electron chi connectivity index (χ1n) is 5.61. The van der Waals surface area contributed by atoms with Gasteiger partial charge in [0.2, 0.25) is 0 Å². The van der Waals surface area contributed by atoms with Crippen LogP contribution in [0.3, 0.4) is 0 Å². The molecule has 0 aliphatic rings. The Balaban J connectivity index is 2.92. The van der Waals surface area contributed by atoms with Gasteiger partial charge in [-0.25, -0.2) is 8.78 Å². The topological polar surface area (TPSA) is 34.0 Å². The molecule has 5 heteroatoms. The van der Waals surface area contributed by atoms with E-state index in [2.05, 4.69) is 5.32 Å². The maximum absolute atomic E-state index is 13.3. The van der Waals surface area contributed by atoms with Crippen molar-refractivity contribution in [2.75, 3.05) is 7.05 Å². The molecule has 0 aliphatic carbocycles. The van der Waals surface area contributed by atoms with E-state index in [9.17, 15) is 13.6 Å². The molecule has 0 saturated heterocycles. The van der Waals surface area contributed by atoms with E-state index < -0.39 is 11.6 Å². The van der Waals surface area contributed by atoms with Crippen LogP contribution in [-0.2, 0) is 7.05 Å². The third kappa shape index (κ3) is 1.90. The lowest BCUT2D eigenvalue weighted by Gasteiger charge is -2.15. The Bertz CT molecular complexity index is 664. The summed E-state index contributed by atoms with van der Waals surface area (Å²) in [5.74, 6) is -1.95. The highest BCUT2D eigenvalue weighted by atomic mass is 19.2. The van der Waals surface area contributed by atoms with E-state index in [0.717, 1.165) is 17.7 Å². The van der Waals surface area contributed by atoms with Crippen molar-refractivity contribution in [3.05, 3.63) is 45.9 Å². The van der Waals surface area contributed by atoms with Gasteiger partial charge in [0.1, 0.15) is 0 Å². The molecule has 0 aliphatic heterocycles. The largest absolute Gasteiger partial charge is 0.318 e. The van der Waals surface area contributed by atoms with E-state index in [-0.39, 0.29) is 17.0 Å². The van der Waals surface area contributed by atoms with E-state index >= 15 is 0 Å². The van der Waals surface area contributed by atoms with Crippen LogP contribution in [0.1, 0.15) is 18.5 Å². The number of nitrogens with one attached hydrogen (secondary N) is 1. The summed E-state index contributed by atoms with van der Waals surface area (Å²) in [6, 6.07) is 1.97. The third-order valence-corrected chi connectivity index (χ3v) is 3.15. The molecule has 3 nitrogen and oxygen atoms in total. The number of hydrogen-bond acceptors (Lipinski definition) is 2. The maximum Gasteiger partial charge on any atom is 0.258 e. The minimum atomic E-state index is -1.01. The summed E-state index contributed by atoms with van der Waals surface area (Å²) in [7, 11) is 3.36. The zero-order valence-electron chi connectivity index (χ0n) is 10.4. The zero-order valence-corrected chi connectivity index (χ0v) is 10.4. The molecule has 96 valence electrons. The van der Waals surface area contributed by atoms with E-state index in [1.165, 1.54) is 4.57 Å². The molecule has 1 N–H and O–H groups in total. The van der Waals surface area contributed by atoms with Gasteiger partial charge in [-0.1, -0.05) is 0 Å². The molecule has 0 amide bonds. The normalized spacial score (nSPS) is 12.9. The van der Waals surface area contributed by atoms with Gasteiger partial charge in [0.05, 0.1) is 5.39 Å². The van der Waals surface area contributed by atoms with Crippen molar-refractivity contribution >= 4 is 10.8 Å². The van der Waals surface area contributed by atoms with Crippen molar-refractivity contribution in [1.82, 2.24) is 9.88 Å². The Labute approximate surface area is 103 Å². The lowest BCUT2D eigenvalue weighted by Crippen LogP contribution is -2.21. The van der Waals surface area contributed by atoms with Gasteiger partial charge < -0.3 is 9.88 Å². The predicted octanol–water partition coefficient (Wildman–Crippen LogP) is 2.10. The summed E-state index contributed by atoms with van der Waals surface area (Å²) < 4.78 is 27.9. The van der Waals surface area contributed by atoms with Crippen LogP contribution in [-0.4, -0.2) is 11.6 Å². The minimum Gasteiger partial charge on any atom is -0.318 e. The van der Waals surface area contributed by atoms with Gasteiger partial charge in [-0.15, -0.1) is 0 Å². The van der Waals surface area contributed by atoms with E-state index in [0.29, 0.717) is 5.39 Å². The second kappa shape index (κ2) is 4.49. The van der Waals surface area contributed by atoms with Crippen LogP contribution in [0, 0.1) is 11.6 Å². The summed E-state index contributed by atoms with van der Waals surface area (Å²) in [6.07, 6.45) is 1.64. The molecular formula is C13H14F2N2O. The van der Waals surface area contributed by atoms with Crippen LogP contribution in [0.2, 0.25) is 0 Å². The molecule has 1 aromatic heterocycles. The highest BCUT2D eigenvalue weighted by molar-refractivity contribution is 5.85. The standard InChI is InChI=1S/C13H14F2N2O/c1-7(16-2)10-6-17(3)13(18)9-5-12(15)11(14)4-8(9)10/h4-7,16H,1-3H3. The molecule has 2 rings (SSSR count). The summed E-state index contributed by atoms with van der Waals surface area (Å²) >= 11 is 0. The fourth-order valence-corrected chi connectivity index (χ4v) is 1.99. The number of rotatable bonds is 2. The second-order valence-corrected chi connectivity index (χ2v) is 4.32. The average Bonchev–Trinajstić information content (AvgIpc) is 2.35. The van der Waals surface area contributed by atoms with Gasteiger partial charge in [-0.2, -0.15) is 0 Å². The van der Waals surface area contributed by atoms with E-state index in [4.69, 9.17) is 0 Å². The molecule has 1 unspecified atom stereocenters. The second-order valence-electron chi connectivity index (χ2n) is 4.32. The first kappa shape index (κ1) is 12.7. The van der Waals surface area contributed by atoms with Gasteiger partial charge in [-0.05, 0) is 37.1 Å². The molecule has 1 aromatic carbocycles. The number of aryl methyl sites for hydroxylation is 1. The molecule has 0 fully saturated rings. The molecule has 18 heavy (non-hydrogen) atoms. The molecule has 0 radical (unpaired) electrons. The average molecular weight is 252 g/mol. The molecule has 1 atom stereocenters. The quantitative estimate of drug-likeness (QED) is 0.888. The Morgan fingerprint density at radius 2 is 1.78 bits per heavy atom. The first-order valence-corrected chi connectivity index (χ1v) is 5.61. The summed E-state index contributed by atoms with van der Waals surface area (Å²) in [5, 5.41) is 3.66. The van der Waals surface area contributed by atoms with Gasteiger partial charge in [0.15, 0.2) is 11.6 Å². The third-order valence-electron chi connectivity index (χ3n) is 3.15. The van der Waals surface area contributed by atoms with Crippen molar-refractivity contribution in [3.8, 4) is 0 Å². The van der Waals surface area contributed by atoms with Crippen molar-refractivity contribution in [2.24, 2.45) is 7.05 Å². The van der Waals surface area contributed by atoms with E-state index in [1.807, 2.05) is 6.92 Å². The fourth-order valence-electron chi connectivity index (χ4n) is 1.99. The predicted molar refractivity (Wildman–Crippen MR) is 66.6 cm³/mol. The number of aromatic nitrogens is 1. The lowest BCUT2D eigenvalue weighted by atomic mass is 10.0. The van der Waals surface area contributed by atoms with Crippen LogP contribution in [0.5, 0.6) is 0 Å². The number of halogens is 2.